The molecule has 0 unspecified atom stereocenters. The first-order chi connectivity index (χ1) is 16.5. The SMILES string of the molecule is O=C1[C@H]2CCCC[C@@H]2C(=O)N1c1ccc(-c2ccc(N3C(=O)[C@H]4CCCC[C@H]4C3=O)cc2)cc1. The fraction of sp³-hybridized carbons (Fsp3) is 0.429. The molecule has 2 aliphatic heterocycles. The quantitative estimate of drug-likeness (QED) is 0.627. The van der Waals surface area contributed by atoms with E-state index >= 15 is 0 Å². The van der Waals surface area contributed by atoms with Crippen LogP contribution < -0.4 is 9.80 Å². The molecule has 6 rings (SSSR count). The summed E-state index contributed by atoms with van der Waals surface area (Å²) in [5.41, 5.74) is 3.14. The van der Waals surface area contributed by atoms with Crippen LogP contribution in [0.25, 0.3) is 11.1 Å². The molecule has 4 fully saturated rings. The molecular formula is C28H28N2O4. The van der Waals surface area contributed by atoms with Gasteiger partial charge in [-0.3, -0.25) is 29.0 Å². The van der Waals surface area contributed by atoms with Gasteiger partial charge < -0.3 is 0 Å². The molecule has 0 N–H and O–H groups in total. The maximum Gasteiger partial charge on any atom is 0.237 e. The van der Waals surface area contributed by atoms with E-state index in [1.165, 1.54) is 9.80 Å². The van der Waals surface area contributed by atoms with Crippen molar-refractivity contribution in [2.24, 2.45) is 23.7 Å². The van der Waals surface area contributed by atoms with Gasteiger partial charge in [-0.05, 0) is 61.1 Å². The van der Waals surface area contributed by atoms with E-state index in [2.05, 4.69) is 0 Å². The highest BCUT2D eigenvalue weighted by Gasteiger charge is 2.49. The third-order valence-corrected chi connectivity index (χ3v) is 8.27. The Bertz CT molecular complexity index is 1030. The lowest BCUT2D eigenvalue weighted by Crippen LogP contribution is -2.30. The predicted molar refractivity (Wildman–Crippen MR) is 128 cm³/mol. The van der Waals surface area contributed by atoms with E-state index in [1.54, 1.807) is 0 Å². The second-order valence-electron chi connectivity index (χ2n) is 10.1. The summed E-state index contributed by atoms with van der Waals surface area (Å²) in [6, 6.07) is 15.0. The van der Waals surface area contributed by atoms with Crippen molar-refractivity contribution in [2.45, 2.75) is 51.4 Å². The van der Waals surface area contributed by atoms with Gasteiger partial charge in [0, 0.05) is 0 Å². The van der Waals surface area contributed by atoms with Gasteiger partial charge in [-0.1, -0.05) is 49.9 Å². The summed E-state index contributed by atoms with van der Waals surface area (Å²) in [6.45, 7) is 0. The number of rotatable bonds is 3. The summed E-state index contributed by atoms with van der Waals surface area (Å²) < 4.78 is 0. The first-order valence-corrected chi connectivity index (χ1v) is 12.5. The first-order valence-electron chi connectivity index (χ1n) is 12.5. The molecule has 6 nitrogen and oxygen atoms in total. The number of imide groups is 2. The maximum absolute atomic E-state index is 12.9. The van der Waals surface area contributed by atoms with Crippen LogP contribution in [0.5, 0.6) is 0 Å². The zero-order valence-corrected chi connectivity index (χ0v) is 19.1. The third-order valence-electron chi connectivity index (χ3n) is 8.27. The fourth-order valence-corrected chi connectivity index (χ4v) is 6.44. The fourth-order valence-electron chi connectivity index (χ4n) is 6.44. The van der Waals surface area contributed by atoms with Crippen molar-refractivity contribution < 1.29 is 19.2 Å². The molecule has 2 heterocycles. The van der Waals surface area contributed by atoms with Crippen molar-refractivity contribution in [3.8, 4) is 11.1 Å². The molecule has 4 atom stereocenters. The number of carbonyl (C=O) groups excluding carboxylic acids is 4. The maximum atomic E-state index is 12.9. The van der Waals surface area contributed by atoms with Gasteiger partial charge in [0.1, 0.15) is 0 Å². The molecule has 4 aliphatic rings. The van der Waals surface area contributed by atoms with Crippen molar-refractivity contribution in [1.29, 1.82) is 0 Å². The van der Waals surface area contributed by atoms with Crippen molar-refractivity contribution in [1.82, 2.24) is 0 Å². The molecule has 0 spiro atoms. The molecule has 174 valence electrons. The van der Waals surface area contributed by atoms with E-state index in [0.29, 0.717) is 11.4 Å². The van der Waals surface area contributed by atoms with Crippen LogP contribution >= 0.6 is 0 Å². The van der Waals surface area contributed by atoms with Crippen LogP contribution in [0.15, 0.2) is 48.5 Å². The smallest absolute Gasteiger partial charge is 0.237 e. The lowest BCUT2D eigenvalue weighted by atomic mass is 9.81. The lowest BCUT2D eigenvalue weighted by molar-refractivity contribution is -0.124. The average Bonchev–Trinajstić information content (AvgIpc) is 3.29. The van der Waals surface area contributed by atoms with E-state index in [1.807, 2.05) is 48.5 Å². The Balaban J connectivity index is 1.21. The van der Waals surface area contributed by atoms with Crippen LogP contribution in [0.4, 0.5) is 11.4 Å². The van der Waals surface area contributed by atoms with Crippen LogP contribution in [0.1, 0.15) is 51.4 Å². The summed E-state index contributed by atoms with van der Waals surface area (Å²) in [4.78, 5) is 54.2. The number of carbonyl (C=O) groups is 4. The Morgan fingerprint density at radius 1 is 0.441 bits per heavy atom. The Morgan fingerprint density at radius 3 is 0.971 bits per heavy atom. The Morgan fingerprint density at radius 2 is 0.706 bits per heavy atom. The average molecular weight is 457 g/mol. The molecule has 0 bridgehead atoms. The summed E-state index contributed by atoms with van der Waals surface area (Å²) in [6.07, 6.45) is 7.27. The number of anilines is 2. The minimum Gasteiger partial charge on any atom is -0.274 e. The van der Waals surface area contributed by atoms with Crippen LogP contribution in [0.3, 0.4) is 0 Å². The number of hydrogen-bond donors (Lipinski definition) is 0. The largest absolute Gasteiger partial charge is 0.274 e. The zero-order valence-electron chi connectivity index (χ0n) is 19.1. The van der Waals surface area contributed by atoms with Crippen molar-refractivity contribution in [2.75, 3.05) is 9.80 Å². The Labute approximate surface area is 198 Å². The monoisotopic (exact) mass is 456 g/mol. The number of benzene rings is 2. The van der Waals surface area contributed by atoms with Crippen molar-refractivity contribution in [3.05, 3.63) is 48.5 Å². The minimum absolute atomic E-state index is 0.0627. The number of hydrogen-bond acceptors (Lipinski definition) is 4. The number of nitrogens with zero attached hydrogens (tertiary/aromatic N) is 2. The van der Waals surface area contributed by atoms with Crippen LogP contribution in [0.2, 0.25) is 0 Å². The number of fused-ring (bicyclic) bond motifs is 2. The van der Waals surface area contributed by atoms with E-state index in [-0.39, 0.29) is 47.3 Å². The molecule has 2 saturated heterocycles. The van der Waals surface area contributed by atoms with Crippen molar-refractivity contribution >= 4 is 35.0 Å². The molecule has 2 aliphatic carbocycles. The van der Waals surface area contributed by atoms with Gasteiger partial charge in [-0.15, -0.1) is 0 Å². The van der Waals surface area contributed by atoms with Gasteiger partial charge >= 0.3 is 0 Å². The highest BCUT2D eigenvalue weighted by molar-refractivity contribution is 6.23. The summed E-state index contributed by atoms with van der Waals surface area (Å²) in [5, 5.41) is 0. The molecule has 2 saturated carbocycles. The Hall–Kier alpha value is -3.28. The predicted octanol–water partition coefficient (Wildman–Crippen LogP) is 4.71. The highest BCUT2D eigenvalue weighted by Crippen LogP contribution is 2.42. The second-order valence-corrected chi connectivity index (χ2v) is 10.1. The lowest BCUT2D eigenvalue weighted by Gasteiger charge is -2.19. The standard InChI is InChI=1S/C28H28N2O4/c31-25-21-5-1-2-6-22(21)26(32)29(25)19-13-9-17(10-14-19)18-11-15-20(16-12-18)30-27(33)23-7-3-4-8-24(23)28(30)34/h9-16,21-24H,1-8H2/t21-,22-,23-,24+/m0/s1. The van der Waals surface area contributed by atoms with Gasteiger partial charge in [0.2, 0.25) is 23.6 Å². The van der Waals surface area contributed by atoms with Gasteiger partial charge in [-0.2, -0.15) is 0 Å². The van der Waals surface area contributed by atoms with Gasteiger partial charge in [0.05, 0.1) is 35.0 Å². The van der Waals surface area contributed by atoms with Crippen LogP contribution in [-0.4, -0.2) is 23.6 Å². The molecule has 2 aromatic rings. The summed E-state index contributed by atoms with van der Waals surface area (Å²) in [5.74, 6) is -0.887. The summed E-state index contributed by atoms with van der Waals surface area (Å²) in [7, 11) is 0. The summed E-state index contributed by atoms with van der Waals surface area (Å²) >= 11 is 0. The van der Waals surface area contributed by atoms with E-state index < -0.39 is 0 Å². The zero-order chi connectivity index (χ0) is 23.4. The van der Waals surface area contributed by atoms with Crippen molar-refractivity contribution in [3.63, 3.8) is 0 Å². The third kappa shape index (κ3) is 3.23. The van der Waals surface area contributed by atoms with Gasteiger partial charge in [0.15, 0.2) is 0 Å². The number of amides is 4. The van der Waals surface area contributed by atoms with Crippen LogP contribution in [0, 0.1) is 23.7 Å². The molecule has 2 aromatic carbocycles. The second kappa shape index (κ2) is 8.19. The molecule has 4 amide bonds. The highest BCUT2D eigenvalue weighted by atomic mass is 16.2. The molecule has 34 heavy (non-hydrogen) atoms. The van der Waals surface area contributed by atoms with Crippen LogP contribution in [-0.2, 0) is 19.2 Å². The normalized spacial score (nSPS) is 28.9. The minimum atomic E-state index is -0.159. The van der Waals surface area contributed by atoms with E-state index in [9.17, 15) is 19.2 Å². The topological polar surface area (TPSA) is 74.8 Å². The molecule has 0 radical (unpaired) electrons. The molecule has 6 heteroatoms. The molecule has 0 aromatic heterocycles. The van der Waals surface area contributed by atoms with Gasteiger partial charge in [0.25, 0.3) is 0 Å². The first kappa shape index (κ1) is 21.3. The Kier molecular flexibility index (Phi) is 5.12. The van der Waals surface area contributed by atoms with E-state index in [4.69, 9.17) is 0 Å². The van der Waals surface area contributed by atoms with Gasteiger partial charge in [-0.25, -0.2) is 0 Å². The van der Waals surface area contributed by atoms with E-state index in [0.717, 1.165) is 62.5 Å². The molecular weight excluding hydrogens is 428 g/mol.